The minimum atomic E-state index is 0.575. The number of fused-ring (bicyclic) bond motifs is 1. The average molecular weight is 188 g/mol. The molecule has 1 aromatic heterocycles. The first-order chi connectivity index (χ1) is 6.72. The molecule has 2 nitrogen and oxygen atoms in total. The largest absolute Gasteiger partial charge is 0.331 e. The highest BCUT2D eigenvalue weighted by atomic mass is 15.0. The molecule has 0 aliphatic rings. The first kappa shape index (κ1) is 9.25. The second-order valence-corrected chi connectivity index (χ2v) is 3.93. The molecule has 0 atom stereocenters. The van der Waals surface area contributed by atoms with Crippen LogP contribution in [0.4, 0.5) is 0 Å². The van der Waals surface area contributed by atoms with E-state index >= 15 is 0 Å². The highest BCUT2D eigenvalue weighted by Gasteiger charge is 2.04. The fourth-order valence-corrected chi connectivity index (χ4v) is 1.69. The Kier molecular flexibility index (Phi) is 2.28. The Bertz CT molecular complexity index is 441. The number of hydrogen-bond donors (Lipinski definition) is 0. The third kappa shape index (κ3) is 1.41. The SMILES string of the molecule is CCn1cnc2cc(C(C)C)ccc21. The number of nitrogens with zero attached hydrogens (tertiary/aromatic N) is 2. The van der Waals surface area contributed by atoms with Crippen molar-refractivity contribution in [3.05, 3.63) is 30.1 Å². The lowest BCUT2D eigenvalue weighted by Gasteiger charge is -2.05. The van der Waals surface area contributed by atoms with Crippen LogP contribution in [0, 0.1) is 0 Å². The summed E-state index contributed by atoms with van der Waals surface area (Å²) in [6, 6.07) is 6.55. The second kappa shape index (κ2) is 3.45. The highest BCUT2D eigenvalue weighted by molar-refractivity contribution is 5.76. The van der Waals surface area contributed by atoms with E-state index < -0.39 is 0 Å². The van der Waals surface area contributed by atoms with Crippen molar-refractivity contribution in [2.24, 2.45) is 0 Å². The van der Waals surface area contributed by atoms with Crippen LogP contribution in [-0.2, 0) is 6.54 Å². The molecule has 0 saturated heterocycles. The Labute approximate surface area is 84.6 Å². The van der Waals surface area contributed by atoms with E-state index in [0.717, 1.165) is 12.1 Å². The van der Waals surface area contributed by atoms with Gasteiger partial charge in [-0.15, -0.1) is 0 Å². The van der Waals surface area contributed by atoms with Crippen molar-refractivity contribution in [3.8, 4) is 0 Å². The molecule has 0 N–H and O–H groups in total. The van der Waals surface area contributed by atoms with E-state index in [1.807, 2.05) is 6.33 Å². The van der Waals surface area contributed by atoms with Crippen molar-refractivity contribution in [2.45, 2.75) is 33.2 Å². The summed E-state index contributed by atoms with van der Waals surface area (Å²) in [5.74, 6) is 0.575. The van der Waals surface area contributed by atoms with Crippen LogP contribution >= 0.6 is 0 Å². The number of aromatic nitrogens is 2. The molecule has 0 spiro atoms. The van der Waals surface area contributed by atoms with Gasteiger partial charge in [0.15, 0.2) is 0 Å². The van der Waals surface area contributed by atoms with Gasteiger partial charge >= 0.3 is 0 Å². The van der Waals surface area contributed by atoms with Crippen molar-refractivity contribution in [1.29, 1.82) is 0 Å². The van der Waals surface area contributed by atoms with E-state index in [4.69, 9.17) is 0 Å². The summed E-state index contributed by atoms with van der Waals surface area (Å²) in [5.41, 5.74) is 3.70. The molecular formula is C12H16N2. The lowest BCUT2D eigenvalue weighted by atomic mass is 10.0. The summed E-state index contributed by atoms with van der Waals surface area (Å²) in [6.45, 7) is 7.53. The van der Waals surface area contributed by atoms with Gasteiger partial charge in [0.1, 0.15) is 0 Å². The van der Waals surface area contributed by atoms with E-state index in [0.29, 0.717) is 5.92 Å². The van der Waals surface area contributed by atoms with Gasteiger partial charge in [0, 0.05) is 6.54 Å². The Morgan fingerprint density at radius 3 is 2.79 bits per heavy atom. The molecule has 0 saturated carbocycles. The van der Waals surface area contributed by atoms with Gasteiger partial charge in [-0.1, -0.05) is 19.9 Å². The summed E-state index contributed by atoms with van der Waals surface area (Å²) in [6.07, 6.45) is 1.91. The van der Waals surface area contributed by atoms with E-state index in [1.54, 1.807) is 0 Å². The molecule has 0 aliphatic heterocycles. The maximum Gasteiger partial charge on any atom is 0.0958 e. The smallest absolute Gasteiger partial charge is 0.0958 e. The molecule has 14 heavy (non-hydrogen) atoms. The van der Waals surface area contributed by atoms with Crippen molar-refractivity contribution in [2.75, 3.05) is 0 Å². The van der Waals surface area contributed by atoms with Gasteiger partial charge in [0.2, 0.25) is 0 Å². The molecule has 0 amide bonds. The molecule has 1 heterocycles. The molecule has 0 aliphatic carbocycles. The predicted octanol–water partition coefficient (Wildman–Crippen LogP) is 3.18. The Balaban J connectivity index is 2.57. The molecule has 2 rings (SSSR count). The normalized spacial score (nSPS) is 11.4. The summed E-state index contributed by atoms with van der Waals surface area (Å²) >= 11 is 0. The molecule has 2 aromatic rings. The zero-order valence-electron chi connectivity index (χ0n) is 8.99. The molecule has 74 valence electrons. The fourth-order valence-electron chi connectivity index (χ4n) is 1.69. The van der Waals surface area contributed by atoms with Crippen LogP contribution in [0.2, 0.25) is 0 Å². The number of aryl methyl sites for hydroxylation is 1. The van der Waals surface area contributed by atoms with Crippen LogP contribution in [0.3, 0.4) is 0 Å². The van der Waals surface area contributed by atoms with Gasteiger partial charge in [-0.2, -0.15) is 0 Å². The van der Waals surface area contributed by atoms with Gasteiger partial charge < -0.3 is 4.57 Å². The van der Waals surface area contributed by atoms with Gasteiger partial charge in [-0.05, 0) is 30.5 Å². The average Bonchev–Trinajstić information content (AvgIpc) is 2.59. The zero-order valence-corrected chi connectivity index (χ0v) is 8.99. The van der Waals surface area contributed by atoms with Crippen molar-refractivity contribution < 1.29 is 0 Å². The Hall–Kier alpha value is -1.31. The maximum atomic E-state index is 4.40. The Morgan fingerprint density at radius 1 is 1.36 bits per heavy atom. The summed E-state index contributed by atoms with van der Waals surface area (Å²) in [4.78, 5) is 4.40. The lowest BCUT2D eigenvalue weighted by Crippen LogP contribution is -1.91. The van der Waals surface area contributed by atoms with Crippen molar-refractivity contribution >= 4 is 11.0 Å². The van der Waals surface area contributed by atoms with Gasteiger partial charge in [0.05, 0.1) is 17.4 Å². The zero-order chi connectivity index (χ0) is 10.1. The number of benzene rings is 1. The van der Waals surface area contributed by atoms with E-state index in [-0.39, 0.29) is 0 Å². The fraction of sp³-hybridized carbons (Fsp3) is 0.417. The molecule has 0 bridgehead atoms. The van der Waals surface area contributed by atoms with E-state index in [9.17, 15) is 0 Å². The van der Waals surface area contributed by atoms with Gasteiger partial charge in [-0.25, -0.2) is 4.98 Å². The van der Waals surface area contributed by atoms with Crippen LogP contribution in [-0.4, -0.2) is 9.55 Å². The highest BCUT2D eigenvalue weighted by Crippen LogP contribution is 2.20. The van der Waals surface area contributed by atoms with E-state index in [2.05, 4.69) is 48.5 Å². The van der Waals surface area contributed by atoms with Crippen molar-refractivity contribution in [3.63, 3.8) is 0 Å². The lowest BCUT2D eigenvalue weighted by molar-refractivity contribution is 0.786. The number of imidazole rings is 1. The summed E-state index contributed by atoms with van der Waals surface area (Å²) < 4.78 is 2.17. The standard InChI is InChI=1S/C12H16N2/c1-4-14-8-13-11-7-10(9(2)3)5-6-12(11)14/h5-9H,4H2,1-3H3. The molecule has 2 heteroatoms. The molecule has 0 fully saturated rings. The van der Waals surface area contributed by atoms with Crippen molar-refractivity contribution in [1.82, 2.24) is 9.55 Å². The second-order valence-electron chi connectivity index (χ2n) is 3.93. The topological polar surface area (TPSA) is 17.8 Å². The summed E-state index contributed by atoms with van der Waals surface area (Å²) in [5, 5.41) is 0. The minimum Gasteiger partial charge on any atom is -0.331 e. The minimum absolute atomic E-state index is 0.575. The summed E-state index contributed by atoms with van der Waals surface area (Å²) in [7, 11) is 0. The van der Waals surface area contributed by atoms with Crippen LogP contribution < -0.4 is 0 Å². The van der Waals surface area contributed by atoms with Crippen LogP contribution in [0.5, 0.6) is 0 Å². The third-order valence-electron chi connectivity index (χ3n) is 2.65. The van der Waals surface area contributed by atoms with E-state index in [1.165, 1.54) is 11.1 Å². The molecular weight excluding hydrogens is 172 g/mol. The quantitative estimate of drug-likeness (QED) is 0.707. The maximum absolute atomic E-state index is 4.40. The first-order valence-electron chi connectivity index (χ1n) is 5.17. The predicted molar refractivity (Wildman–Crippen MR) is 59.5 cm³/mol. The third-order valence-corrected chi connectivity index (χ3v) is 2.65. The number of rotatable bonds is 2. The molecule has 0 unspecified atom stereocenters. The monoisotopic (exact) mass is 188 g/mol. The van der Waals surface area contributed by atoms with Gasteiger partial charge in [-0.3, -0.25) is 0 Å². The van der Waals surface area contributed by atoms with Crippen LogP contribution in [0.1, 0.15) is 32.3 Å². The molecule has 1 aromatic carbocycles. The number of hydrogen-bond acceptors (Lipinski definition) is 1. The first-order valence-corrected chi connectivity index (χ1v) is 5.17. The van der Waals surface area contributed by atoms with Crippen LogP contribution in [0.25, 0.3) is 11.0 Å². The van der Waals surface area contributed by atoms with Gasteiger partial charge in [0.25, 0.3) is 0 Å². The molecule has 0 radical (unpaired) electrons. The van der Waals surface area contributed by atoms with Crippen LogP contribution in [0.15, 0.2) is 24.5 Å². The Morgan fingerprint density at radius 2 is 2.14 bits per heavy atom.